The largest absolute Gasteiger partial charge is 0.380 e. The Morgan fingerprint density at radius 2 is 2.05 bits per heavy atom. The molecule has 104 valence electrons. The number of nitrogens with zero attached hydrogens (tertiary/aromatic N) is 2. The second-order valence-corrected chi connectivity index (χ2v) is 6.33. The van der Waals surface area contributed by atoms with Crippen molar-refractivity contribution in [3.63, 3.8) is 0 Å². The van der Waals surface area contributed by atoms with Gasteiger partial charge in [-0.1, -0.05) is 17.7 Å². The third-order valence-electron chi connectivity index (χ3n) is 4.41. The molecule has 0 radical (unpaired) electrons. The fourth-order valence-corrected chi connectivity index (χ4v) is 3.77. The molecule has 3 atom stereocenters. The third kappa shape index (κ3) is 2.54. The zero-order valence-electron chi connectivity index (χ0n) is 11.7. The molecule has 0 spiro atoms. The number of hydrogen-bond donors (Lipinski definition) is 1. The number of anilines is 2. The number of para-hydroxylation sites is 1. The van der Waals surface area contributed by atoms with Crippen molar-refractivity contribution in [1.29, 1.82) is 0 Å². The summed E-state index contributed by atoms with van der Waals surface area (Å²) in [5.41, 5.74) is 2.27. The van der Waals surface area contributed by atoms with Crippen molar-refractivity contribution in [3.8, 4) is 0 Å². The second-order valence-electron chi connectivity index (χ2n) is 5.92. The van der Waals surface area contributed by atoms with E-state index in [0.29, 0.717) is 6.04 Å². The number of halogens is 1. The normalized spacial score (nSPS) is 29.3. The summed E-state index contributed by atoms with van der Waals surface area (Å²) < 4.78 is 0. The van der Waals surface area contributed by atoms with Gasteiger partial charge in [0.25, 0.3) is 0 Å². The minimum atomic E-state index is 0.593. The van der Waals surface area contributed by atoms with E-state index in [1.165, 1.54) is 38.2 Å². The van der Waals surface area contributed by atoms with Gasteiger partial charge < -0.3 is 15.1 Å². The van der Waals surface area contributed by atoms with E-state index in [1.54, 1.807) is 0 Å². The molecule has 0 aromatic heterocycles. The van der Waals surface area contributed by atoms with Gasteiger partial charge in [-0.2, -0.15) is 0 Å². The molecule has 1 aromatic rings. The van der Waals surface area contributed by atoms with Gasteiger partial charge in [0, 0.05) is 33.2 Å². The highest BCUT2D eigenvalue weighted by Crippen LogP contribution is 2.36. The zero-order chi connectivity index (χ0) is 13.4. The molecular formula is C15H22ClN3. The fourth-order valence-electron chi connectivity index (χ4n) is 3.43. The molecule has 19 heavy (non-hydrogen) atoms. The summed E-state index contributed by atoms with van der Waals surface area (Å²) in [6, 6.07) is 6.72. The topological polar surface area (TPSA) is 18.5 Å². The van der Waals surface area contributed by atoms with Gasteiger partial charge in [0.2, 0.25) is 0 Å². The van der Waals surface area contributed by atoms with Gasteiger partial charge in [0.05, 0.1) is 16.4 Å². The lowest BCUT2D eigenvalue weighted by molar-refractivity contribution is 0.255. The Morgan fingerprint density at radius 3 is 2.84 bits per heavy atom. The third-order valence-corrected chi connectivity index (χ3v) is 4.71. The van der Waals surface area contributed by atoms with Crippen LogP contribution < -0.4 is 10.2 Å². The van der Waals surface area contributed by atoms with Crippen LogP contribution in [0.25, 0.3) is 0 Å². The van der Waals surface area contributed by atoms with Crippen LogP contribution in [0, 0.1) is 5.92 Å². The Hall–Kier alpha value is -0.930. The standard InChI is InChI=1S/C15H22ClN3/c1-18(2)15-12(16)4-3-5-14(15)17-13-7-9-19-8-6-11(13)10-19/h3-5,11,13,17H,6-10H2,1-2H3. The molecule has 0 amide bonds. The van der Waals surface area contributed by atoms with Crippen LogP contribution in [0.2, 0.25) is 5.02 Å². The van der Waals surface area contributed by atoms with Crippen LogP contribution in [0.3, 0.4) is 0 Å². The van der Waals surface area contributed by atoms with Crippen molar-refractivity contribution >= 4 is 23.0 Å². The van der Waals surface area contributed by atoms with Crippen molar-refractivity contribution in [1.82, 2.24) is 4.90 Å². The zero-order valence-corrected chi connectivity index (χ0v) is 12.5. The van der Waals surface area contributed by atoms with Gasteiger partial charge in [-0.3, -0.25) is 0 Å². The Balaban J connectivity index is 1.81. The number of piperidine rings is 1. The molecular weight excluding hydrogens is 258 g/mol. The molecule has 3 rings (SSSR count). The first-order valence-electron chi connectivity index (χ1n) is 7.10. The summed E-state index contributed by atoms with van der Waals surface area (Å²) in [4.78, 5) is 4.67. The van der Waals surface area contributed by atoms with Crippen LogP contribution in [0.4, 0.5) is 11.4 Å². The molecule has 2 bridgehead atoms. The van der Waals surface area contributed by atoms with E-state index in [-0.39, 0.29) is 0 Å². The Bertz CT molecular complexity index is 461. The maximum atomic E-state index is 6.33. The SMILES string of the molecule is CN(C)c1c(Cl)cccc1NC1CCN2CCC1C2. The number of rotatable bonds is 3. The minimum Gasteiger partial charge on any atom is -0.380 e. The van der Waals surface area contributed by atoms with Crippen LogP contribution in [0.15, 0.2) is 18.2 Å². The summed E-state index contributed by atoms with van der Waals surface area (Å²) >= 11 is 6.33. The van der Waals surface area contributed by atoms with Gasteiger partial charge in [0.1, 0.15) is 0 Å². The highest BCUT2D eigenvalue weighted by atomic mass is 35.5. The molecule has 2 saturated heterocycles. The van der Waals surface area contributed by atoms with Crippen LogP contribution in [-0.4, -0.2) is 44.7 Å². The predicted octanol–water partition coefficient (Wildman–Crippen LogP) is 2.91. The first-order valence-corrected chi connectivity index (χ1v) is 7.47. The van der Waals surface area contributed by atoms with E-state index in [4.69, 9.17) is 11.6 Å². The van der Waals surface area contributed by atoms with Crippen molar-refractivity contribution in [2.45, 2.75) is 18.9 Å². The smallest absolute Gasteiger partial charge is 0.0786 e. The van der Waals surface area contributed by atoms with Crippen LogP contribution in [0.1, 0.15) is 12.8 Å². The van der Waals surface area contributed by atoms with Gasteiger partial charge in [-0.25, -0.2) is 0 Å². The molecule has 3 nitrogen and oxygen atoms in total. The van der Waals surface area contributed by atoms with Crippen LogP contribution >= 0.6 is 11.6 Å². The van der Waals surface area contributed by atoms with Crippen molar-refractivity contribution < 1.29 is 0 Å². The highest BCUT2D eigenvalue weighted by Gasteiger charge is 2.34. The van der Waals surface area contributed by atoms with E-state index in [9.17, 15) is 0 Å². The number of benzene rings is 1. The first-order chi connectivity index (χ1) is 9.15. The summed E-state index contributed by atoms with van der Waals surface area (Å²) in [5, 5.41) is 4.56. The van der Waals surface area contributed by atoms with Crippen molar-refractivity contribution in [2.75, 3.05) is 43.9 Å². The van der Waals surface area contributed by atoms with Gasteiger partial charge in [-0.05, 0) is 37.4 Å². The molecule has 0 saturated carbocycles. The van der Waals surface area contributed by atoms with Gasteiger partial charge in [0.15, 0.2) is 0 Å². The number of hydrogen-bond acceptors (Lipinski definition) is 3. The van der Waals surface area contributed by atoms with Gasteiger partial charge in [-0.15, -0.1) is 0 Å². The molecule has 0 aliphatic carbocycles. The molecule has 2 aliphatic heterocycles. The lowest BCUT2D eigenvalue weighted by Crippen LogP contribution is -2.39. The van der Waals surface area contributed by atoms with E-state index in [1.807, 2.05) is 26.2 Å². The molecule has 1 aromatic carbocycles. The molecule has 2 fully saturated rings. The quantitative estimate of drug-likeness (QED) is 0.918. The summed E-state index contributed by atoms with van der Waals surface area (Å²) in [5.74, 6) is 0.794. The average Bonchev–Trinajstić information content (AvgIpc) is 2.75. The maximum Gasteiger partial charge on any atom is 0.0786 e. The molecule has 1 N–H and O–H groups in total. The maximum absolute atomic E-state index is 6.33. The second kappa shape index (κ2) is 5.22. The molecule has 4 heteroatoms. The number of nitrogens with one attached hydrogen (secondary N) is 1. The summed E-state index contributed by atoms with van der Waals surface area (Å²) in [6.45, 7) is 3.76. The minimum absolute atomic E-state index is 0.593. The Labute approximate surface area is 120 Å². The highest BCUT2D eigenvalue weighted by molar-refractivity contribution is 6.34. The molecule has 3 unspecified atom stereocenters. The Morgan fingerprint density at radius 1 is 1.26 bits per heavy atom. The van der Waals surface area contributed by atoms with Crippen molar-refractivity contribution in [3.05, 3.63) is 23.2 Å². The molecule has 2 heterocycles. The lowest BCUT2D eigenvalue weighted by Gasteiger charge is -2.33. The van der Waals surface area contributed by atoms with Crippen molar-refractivity contribution in [2.24, 2.45) is 5.92 Å². The van der Waals surface area contributed by atoms with E-state index in [2.05, 4.69) is 21.2 Å². The summed E-state index contributed by atoms with van der Waals surface area (Å²) in [7, 11) is 4.09. The van der Waals surface area contributed by atoms with Crippen LogP contribution in [0.5, 0.6) is 0 Å². The predicted molar refractivity (Wildman–Crippen MR) is 82.4 cm³/mol. The van der Waals surface area contributed by atoms with Crippen LogP contribution in [-0.2, 0) is 0 Å². The van der Waals surface area contributed by atoms with E-state index in [0.717, 1.165) is 16.6 Å². The van der Waals surface area contributed by atoms with E-state index >= 15 is 0 Å². The summed E-state index contributed by atoms with van der Waals surface area (Å²) in [6.07, 6.45) is 2.57. The lowest BCUT2D eigenvalue weighted by atomic mass is 9.94. The Kier molecular flexibility index (Phi) is 3.59. The average molecular weight is 280 g/mol. The monoisotopic (exact) mass is 279 g/mol. The fraction of sp³-hybridized carbons (Fsp3) is 0.600. The number of fused-ring (bicyclic) bond motifs is 2. The first kappa shape index (κ1) is 13.1. The van der Waals surface area contributed by atoms with Gasteiger partial charge >= 0.3 is 0 Å². The molecule has 2 aliphatic rings. The van der Waals surface area contributed by atoms with E-state index < -0.39 is 0 Å².